The Morgan fingerprint density at radius 2 is 2.20 bits per heavy atom. The molecule has 2 aromatic rings. The van der Waals surface area contributed by atoms with Gasteiger partial charge < -0.3 is 0 Å². The van der Waals surface area contributed by atoms with Crippen molar-refractivity contribution in [3.05, 3.63) is 23.2 Å². The number of nitrogens with zero attached hydrogens (tertiary/aromatic N) is 5. The van der Waals surface area contributed by atoms with Crippen LogP contribution in [0.25, 0.3) is 11.4 Å². The number of rotatable bonds is 2. The first-order valence-electron chi connectivity index (χ1n) is 4.59. The second-order valence-electron chi connectivity index (χ2n) is 3.09. The van der Waals surface area contributed by atoms with Crippen LogP contribution in [-0.2, 0) is 13.5 Å². The van der Waals surface area contributed by atoms with Gasteiger partial charge in [0.25, 0.3) is 0 Å². The number of halogens is 1. The maximum atomic E-state index is 5.90. The van der Waals surface area contributed by atoms with Crippen molar-refractivity contribution in [2.75, 3.05) is 0 Å². The zero-order chi connectivity index (χ0) is 10.8. The van der Waals surface area contributed by atoms with E-state index < -0.39 is 0 Å². The molecular weight excluding hydrogens is 214 g/mol. The molecule has 0 aliphatic rings. The molecule has 5 nitrogen and oxygen atoms in total. The molecule has 2 aromatic heterocycles. The molecule has 0 saturated heterocycles. The summed E-state index contributed by atoms with van der Waals surface area (Å²) in [6.45, 7) is 1.98. The molecule has 0 spiro atoms. The molecular formula is C9H10ClN5. The Morgan fingerprint density at radius 3 is 2.80 bits per heavy atom. The van der Waals surface area contributed by atoms with Crippen LogP contribution in [0.1, 0.15) is 12.7 Å². The third-order valence-corrected chi connectivity index (χ3v) is 2.23. The summed E-state index contributed by atoms with van der Waals surface area (Å²) in [5.41, 5.74) is 1.58. The summed E-state index contributed by atoms with van der Waals surface area (Å²) in [4.78, 5) is 8.46. The molecule has 15 heavy (non-hydrogen) atoms. The quantitative estimate of drug-likeness (QED) is 0.724. The average molecular weight is 224 g/mol. The largest absolute Gasteiger partial charge is 0.246 e. The highest BCUT2D eigenvalue weighted by Crippen LogP contribution is 2.18. The molecule has 0 amide bonds. The summed E-state index contributed by atoms with van der Waals surface area (Å²) >= 11 is 5.90. The maximum absolute atomic E-state index is 5.90. The summed E-state index contributed by atoms with van der Waals surface area (Å²) in [5, 5.41) is 8.08. The van der Waals surface area contributed by atoms with E-state index in [9.17, 15) is 0 Å². The van der Waals surface area contributed by atoms with Gasteiger partial charge in [-0.25, -0.2) is 14.6 Å². The minimum atomic E-state index is 0.443. The van der Waals surface area contributed by atoms with Gasteiger partial charge in [0, 0.05) is 19.5 Å². The highest BCUT2D eigenvalue weighted by Gasteiger charge is 2.08. The number of aromatic nitrogens is 5. The smallest absolute Gasteiger partial charge is 0.133 e. The van der Waals surface area contributed by atoms with E-state index in [0.717, 1.165) is 23.6 Å². The first kappa shape index (κ1) is 10.0. The Morgan fingerprint density at radius 1 is 1.40 bits per heavy atom. The lowest BCUT2D eigenvalue weighted by atomic mass is 10.3. The van der Waals surface area contributed by atoms with Crippen molar-refractivity contribution in [3.8, 4) is 11.4 Å². The van der Waals surface area contributed by atoms with E-state index in [1.54, 1.807) is 16.9 Å². The third kappa shape index (κ3) is 1.97. The lowest BCUT2D eigenvalue weighted by Crippen LogP contribution is -1.99. The normalized spacial score (nSPS) is 10.6. The van der Waals surface area contributed by atoms with Crippen LogP contribution in [0.15, 0.2) is 12.3 Å². The van der Waals surface area contributed by atoms with Crippen molar-refractivity contribution in [1.29, 1.82) is 0 Å². The number of hydrogen-bond donors (Lipinski definition) is 0. The zero-order valence-corrected chi connectivity index (χ0v) is 9.23. The van der Waals surface area contributed by atoms with Gasteiger partial charge in [-0.2, -0.15) is 0 Å². The van der Waals surface area contributed by atoms with Crippen molar-refractivity contribution in [2.24, 2.45) is 7.05 Å². The number of hydrogen-bond acceptors (Lipinski definition) is 4. The van der Waals surface area contributed by atoms with Crippen LogP contribution in [0.5, 0.6) is 0 Å². The first-order valence-corrected chi connectivity index (χ1v) is 4.97. The molecule has 0 bridgehead atoms. The molecule has 0 aromatic carbocycles. The second kappa shape index (κ2) is 3.94. The molecule has 6 heteroatoms. The highest BCUT2D eigenvalue weighted by molar-refractivity contribution is 6.29. The van der Waals surface area contributed by atoms with Crippen LogP contribution in [-0.4, -0.2) is 25.0 Å². The Hall–Kier alpha value is -1.49. The van der Waals surface area contributed by atoms with E-state index in [1.807, 2.05) is 14.0 Å². The van der Waals surface area contributed by atoms with Crippen molar-refractivity contribution >= 4 is 11.6 Å². The fourth-order valence-electron chi connectivity index (χ4n) is 1.28. The minimum absolute atomic E-state index is 0.443. The van der Waals surface area contributed by atoms with Crippen LogP contribution in [0.2, 0.25) is 5.15 Å². The van der Waals surface area contributed by atoms with Gasteiger partial charge in [-0.15, -0.1) is 5.10 Å². The van der Waals surface area contributed by atoms with E-state index in [1.165, 1.54) is 0 Å². The summed E-state index contributed by atoms with van der Waals surface area (Å²) in [5.74, 6) is 0.721. The van der Waals surface area contributed by atoms with Crippen LogP contribution in [0.4, 0.5) is 0 Å². The van der Waals surface area contributed by atoms with Gasteiger partial charge in [0.1, 0.15) is 16.7 Å². The predicted molar refractivity (Wildman–Crippen MR) is 56.4 cm³/mol. The van der Waals surface area contributed by atoms with Crippen molar-refractivity contribution in [2.45, 2.75) is 13.3 Å². The Bertz CT molecular complexity index is 479. The Kier molecular flexibility index (Phi) is 2.64. The minimum Gasteiger partial charge on any atom is -0.246 e. The molecule has 2 rings (SSSR count). The summed E-state index contributed by atoms with van der Waals surface area (Å²) in [7, 11) is 1.81. The van der Waals surface area contributed by atoms with Gasteiger partial charge in [-0.05, 0) is 0 Å². The van der Waals surface area contributed by atoms with Crippen molar-refractivity contribution < 1.29 is 0 Å². The molecule has 0 atom stereocenters. The molecule has 2 heterocycles. The van der Waals surface area contributed by atoms with E-state index in [0.29, 0.717) is 5.15 Å². The molecule has 0 unspecified atom stereocenters. The van der Waals surface area contributed by atoms with Gasteiger partial charge in [-0.1, -0.05) is 23.7 Å². The average Bonchev–Trinajstić information content (AvgIpc) is 2.63. The molecule has 0 aliphatic heterocycles. The molecule has 0 aliphatic carbocycles. The van der Waals surface area contributed by atoms with Gasteiger partial charge in [0.15, 0.2) is 0 Å². The van der Waals surface area contributed by atoms with Gasteiger partial charge >= 0.3 is 0 Å². The Labute approximate surface area is 92.1 Å². The van der Waals surface area contributed by atoms with Gasteiger partial charge in [0.2, 0.25) is 0 Å². The summed E-state index contributed by atoms with van der Waals surface area (Å²) in [6, 6.07) is 1.71. The number of aryl methyl sites for hydroxylation is 2. The lowest BCUT2D eigenvalue weighted by molar-refractivity contribution is 0.718. The molecule has 0 N–H and O–H groups in total. The Balaban J connectivity index is 2.53. The third-order valence-electron chi connectivity index (χ3n) is 2.03. The molecule has 0 saturated carbocycles. The lowest BCUT2D eigenvalue weighted by Gasteiger charge is -2.02. The SMILES string of the molecule is CCc1nc(Cl)cc(-c2cnnn2C)n1. The topological polar surface area (TPSA) is 56.5 Å². The fourth-order valence-corrected chi connectivity index (χ4v) is 1.48. The van der Waals surface area contributed by atoms with Crippen LogP contribution in [0, 0.1) is 0 Å². The van der Waals surface area contributed by atoms with Crippen LogP contribution < -0.4 is 0 Å². The van der Waals surface area contributed by atoms with Gasteiger partial charge in [-0.3, -0.25) is 0 Å². The standard InChI is InChI=1S/C9H10ClN5/c1-3-9-12-6(4-8(10)13-9)7-5-11-14-15(7)2/h4-5H,3H2,1-2H3. The van der Waals surface area contributed by atoms with Gasteiger partial charge in [0.05, 0.1) is 11.9 Å². The summed E-state index contributed by atoms with van der Waals surface area (Å²) < 4.78 is 1.65. The summed E-state index contributed by atoms with van der Waals surface area (Å²) in [6.07, 6.45) is 2.40. The van der Waals surface area contributed by atoms with E-state index in [-0.39, 0.29) is 0 Å². The molecule has 0 fully saturated rings. The van der Waals surface area contributed by atoms with Crippen LogP contribution in [0.3, 0.4) is 0 Å². The van der Waals surface area contributed by atoms with E-state index >= 15 is 0 Å². The second-order valence-corrected chi connectivity index (χ2v) is 3.48. The van der Waals surface area contributed by atoms with E-state index in [4.69, 9.17) is 11.6 Å². The highest BCUT2D eigenvalue weighted by atomic mass is 35.5. The zero-order valence-electron chi connectivity index (χ0n) is 8.48. The maximum Gasteiger partial charge on any atom is 0.133 e. The molecule has 0 radical (unpaired) electrons. The van der Waals surface area contributed by atoms with E-state index in [2.05, 4.69) is 20.3 Å². The predicted octanol–water partition coefficient (Wildman–Crippen LogP) is 1.49. The molecule has 78 valence electrons. The monoisotopic (exact) mass is 223 g/mol. The fraction of sp³-hybridized carbons (Fsp3) is 0.333. The van der Waals surface area contributed by atoms with Crippen molar-refractivity contribution in [3.63, 3.8) is 0 Å². The first-order chi connectivity index (χ1) is 7.20. The van der Waals surface area contributed by atoms with Crippen LogP contribution >= 0.6 is 11.6 Å². The van der Waals surface area contributed by atoms with Crippen molar-refractivity contribution in [1.82, 2.24) is 25.0 Å².